The average molecular weight is 1630 g/mol. The molecule has 3 N–H and O–H groups in total. The van der Waals surface area contributed by atoms with Gasteiger partial charge in [0.05, 0.1) is 26.4 Å². The van der Waals surface area contributed by atoms with Crippen molar-refractivity contribution < 1.29 is 80.2 Å². The lowest BCUT2D eigenvalue weighted by atomic mass is 10.0. The van der Waals surface area contributed by atoms with Crippen molar-refractivity contribution in [3.05, 3.63) is 0 Å². The Morgan fingerprint density at radius 3 is 0.607 bits per heavy atom. The summed E-state index contributed by atoms with van der Waals surface area (Å²) < 4.78 is 69.1. The van der Waals surface area contributed by atoms with E-state index in [2.05, 4.69) is 48.5 Å². The largest absolute Gasteiger partial charge is 0.472 e. The molecule has 17 nitrogen and oxygen atoms in total. The maximum Gasteiger partial charge on any atom is 0.472 e. The highest BCUT2D eigenvalue weighted by Gasteiger charge is 2.31. The third kappa shape index (κ3) is 85.9. The summed E-state index contributed by atoms with van der Waals surface area (Å²) in [5, 5.41) is 10.7. The molecule has 0 spiro atoms. The van der Waals surface area contributed by atoms with Crippen molar-refractivity contribution in [2.75, 3.05) is 39.6 Å². The first-order valence-corrected chi connectivity index (χ1v) is 50.8. The van der Waals surface area contributed by atoms with Gasteiger partial charge in [0.1, 0.15) is 19.3 Å². The monoisotopic (exact) mass is 1630 g/mol. The van der Waals surface area contributed by atoms with Crippen LogP contribution in [-0.4, -0.2) is 96.7 Å². The van der Waals surface area contributed by atoms with Crippen LogP contribution in [0.2, 0.25) is 0 Å². The van der Waals surface area contributed by atoms with E-state index in [1.54, 1.807) is 0 Å². The summed E-state index contributed by atoms with van der Waals surface area (Å²) in [6.07, 6.45) is 76.6. The minimum atomic E-state index is -4.97. The molecular formula is C93H182O17P2. The second-order valence-corrected chi connectivity index (χ2v) is 37.7. The first-order valence-electron chi connectivity index (χ1n) is 47.8. The lowest BCUT2D eigenvalue weighted by Gasteiger charge is -2.21. The summed E-state index contributed by atoms with van der Waals surface area (Å²) >= 11 is 0. The van der Waals surface area contributed by atoms with Crippen LogP contribution >= 0.6 is 15.6 Å². The van der Waals surface area contributed by atoms with Crippen molar-refractivity contribution in [3.8, 4) is 0 Å². The van der Waals surface area contributed by atoms with Gasteiger partial charge in [-0.2, -0.15) is 0 Å². The van der Waals surface area contributed by atoms with Crippen LogP contribution in [0.15, 0.2) is 0 Å². The van der Waals surface area contributed by atoms with Crippen LogP contribution in [0, 0.1) is 17.8 Å². The summed E-state index contributed by atoms with van der Waals surface area (Å²) in [7, 11) is -9.94. The molecule has 2 unspecified atom stereocenters. The second-order valence-electron chi connectivity index (χ2n) is 34.8. The van der Waals surface area contributed by atoms with Crippen molar-refractivity contribution in [1.82, 2.24) is 0 Å². The summed E-state index contributed by atoms with van der Waals surface area (Å²) in [5.41, 5.74) is 0. The van der Waals surface area contributed by atoms with Gasteiger partial charge in [0.15, 0.2) is 12.2 Å². The van der Waals surface area contributed by atoms with Gasteiger partial charge in [0, 0.05) is 25.7 Å². The van der Waals surface area contributed by atoms with Crippen molar-refractivity contribution in [2.24, 2.45) is 17.8 Å². The number of hydrogen-bond donors (Lipinski definition) is 3. The van der Waals surface area contributed by atoms with Crippen LogP contribution in [-0.2, 0) is 65.4 Å². The molecule has 0 saturated carbocycles. The average Bonchev–Trinajstić information content (AvgIpc) is 0.895. The molecule has 0 aromatic carbocycles. The normalized spacial score (nSPS) is 13.8. The molecule has 0 fully saturated rings. The number of rotatable bonds is 91. The molecular weight excluding hydrogens is 1450 g/mol. The minimum absolute atomic E-state index is 0.108. The van der Waals surface area contributed by atoms with Crippen LogP contribution in [0.4, 0.5) is 0 Å². The summed E-state index contributed by atoms with van der Waals surface area (Å²) in [5.74, 6) is 0.367. The Hall–Kier alpha value is -1.94. The van der Waals surface area contributed by atoms with E-state index in [9.17, 15) is 43.2 Å². The number of phosphoric ester groups is 2. The molecule has 0 rings (SSSR count). The van der Waals surface area contributed by atoms with E-state index in [0.717, 1.165) is 108 Å². The Labute approximate surface area is 689 Å². The van der Waals surface area contributed by atoms with Gasteiger partial charge in [-0.1, -0.05) is 447 Å². The number of hydrogen-bond acceptors (Lipinski definition) is 15. The van der Waals surface area contributed by atoms with Gasteiger partial charge in [0.2, 0.25) is 0 Å². The minimum Gasteiger partial charge on any atom is -0.462 e. The van der Waals surface area contributed by atoms with Crippen LogP contribution in [0.1, 0.15) is 498 Å². The molecule has 0 aromatic heterocycles. The van der Waals surface area contributed by atoms with Crippen molar-refractivity contribution in [3.63, 3.8) is 0 Å². The molecule has 0 radical (unpaired) electrons. The van der Waals surface area contributed by atoms with Crippen LogP contribution in [0.3, 0.4) is 0 Å². The van der Waals surface area contributed by atoms with Crippen LogP contribution < -0.4 is 0 Å². The zero-order chi connectivity index (χ0) is 82.2. The molecule has 0 aliphatic heterocycles. The summed E-state index contributed by atoms with van der Waals surface area (Å²) in [4.78, 5) is 73.4. The summed E-state index contributed by atoms with van der Waals surface area (Å²) in [6.45, 7) is 12.1. The van der Waals surface area contributed by atoms with E-state index >= 15 is 0 Å². The van der Waals surface area contributed by atoms with E-state index < -0.39 is 97.5 Å². The van der Waals surface area contributed by atoms with E-state index in [1.807, 2.05) is 0 Å². The molecule has 19 heteroatoms. The molecule has 0 aliphatic rings. The maximum atomic E-state index is 13.2. The fourth-order valence-corrected chi connectivity index (χ4v) is 16.2. The number of aliphatic hydroxyl groups excluding tert-OH is 1. The lowest BCUT2D eigenvalue weighted by Crippen LogP contribution is -2.30. The molecule has 0 heterocycles. The quantitative estimate of drug-likeness (QED) is 0.0222. The fraction of sp³-hybridized carbons (Fsp3) is 0.957. The van der Waals surface area contributed by atoms with Crippen LogP contribution in [0.5, 0.6) is 0 Å². The van der Waals surface area contributed by atoms with Gasteiger partial charge >= 0.3 is 39.5 Å². The molecule has 666 valence electrons. The third-order valence-electron chi connectivity index (χ3n) is 21.9. The standard InChI is InChI=1S/C93H182O17P2/c1-8-9-10-11-12-43-53-60-67-74-90(95)103-80-88(109-92(97)76-69-62-55-48-41-35-29-23-17-14-20-26-32-38-45-51-58-65-72-85(4)5)82-107-111(99,100)105-78-87(94)79-106-112(101,102)108-83-89(110-93(98)77-70-63-56-49-42-36-30-24-18-15-21-27-33-39-46-52-59-66-73-86(6)7)81-104-91(96)75-68-61-54-47-40-34-28-22-16-13-19-25-31-37-44-50-57-64-71-84(2)3/h84-89,94H,8-83H2,1-7H3,(H,99,100)(H,101,102)/t87-,88+,89+/m0/s1. The number of carbonyl (C=O) groups is 4. The van der Waals surface area contributed by atoms with Gasteiger partial charge in [-0.05, 0) is 43.4 Å². The fourth-order valence-electron chi connectivity index (χ4n) is 14.6. The number of aliphatic hydroxyl groups is 1. The Morgan fingerprint density at radius 2 is 0.411 bits per heavy atom. The predicted octanol–water partition coefficient (Wildman–Crippen LogP) is 28.8. The van der Waals surface area contributed by atoms with E-state index in [4.69, 9.17) is 37.0 Å². The maximum absolute atomic E-state index is 13.2. The zero-order valence-corrected chi connectivity index (χ0v) is 75.9. The Kier molecular flexibility index (Phi) is 81.3. The van der Waals surface area contributed by atoms with Gasteiger partial charge in [-0.3, -0.25) is 37.3 Å². The second kappa shape index (κ2) is 82.7. The third-order valence-corrected chi connectivity index (χ3v) is 23.8. The lowest BCUT2D eigenvalue weighted by molar-refractivity contribution is -0.161. The first kappa shape index (κ1) is 110. The number of phosphoric acid groups is 2. The Balaban J connectivity index is 5.18. The Morgan fingerprint density at radius 1 is 0.241 bits per heavy atom. The molecule has 0 aromatic rings. The Bertz CT molecular complexity index is 2150. The number of esters is 4. The van der Waals surface area contributed by atoms with Crippen molar-refractivity contribution >= 4 is 39.5 Å². The van der Waals surface area contributed by atoms with Gasteiger partial charge in [-0.25, -0.2) is 9.13 Å². The van der Waals surface area contributed by atoms with Crippen molar-refractivity contribution in [1.29, 1.82) is 0 Å². The van der Waals surface area contributed by atoms with E-state index in [0.29, 0.717) is 25.7 Å². The van der Waals surface area contributed by atoms with Crippen LogP contribution in [0.25, 0.3) is 0 Å². The smallest absolute Gasteiger partial charge is 0.462 e. The molecule has 0 amide bonds. The first-order chi connectivity index (χ1) is 54.2. The molecule has 5 atom stereocenters. The topological polar surface area (TPSA) is 237 Å². The zero-order valence-electron chi connectivity index (χ0n) is 74.2. The number of ether oxygens (including phenoxy) is 4. The summed E-state index contributed by atoms with van der Waals surface area (Å²) in [6, 6.07) is 0. The van der Waals surface area contributed by atoms with E-state index in [-0.39, 0.29) is 25.7 Å². The highest BCUT2D eigenvalue weighted by atomic mass is 31.2. The molecule has 0 saturated heterocycles. The van der Waals surface area contributed by atoms with Crippen molar-refractivity contribution in [2.45, 2.75) is 516 Å². The molecule has 112 heavy (non-hydrogen) atoms. The highest BCUT2D eigenvalue weighted by molar-refractivity contribution is 7.47. The molecule has 0 aliphatic carbocycles. The molecule has 0 bridgehead atoms. The SMILES string of the molecule is CCCCCCCCCCCC(=O)OC[C@H](COP(=O)(O)OC[C@H](O)COP(=O)(O)OC[C@@H](COC(=O)CCCCCCCCCCCCCCCCCCCCC(C)C)OC(=O)CCCCCCCCCCCCCCCCCCCCC(C)C)OC(=O)CCCCCCCCCCCCCCCCCCCCC(C)C. The van der Waals surface area contributed by atoms with E-state index in [1.165, 1.54) is 308 Å². The van der Waals surface area contributed by atoms with Gasteiger partial charge in [0.25, 0.3) is 0 Å². The number of unbranched alkanes of at least 4 members (excludes halogenated alkanes) is 59. The van der Waals surface area contributed by atoms with Gasteiger partial charge in [-0.15, -0.1) is 0 Å². The predicted molar refractivity (Wildman–Crippen MR) is 465 cm³/mol. The van der Waals surface area contributed by atoms with Gasteiger partial charge < -0.3 is 33.8 Å². The highest BCUT2D eigenvalue weighted by Crippen LogP contribution is 2.45. The number of carbonyl (C=O) groups excluding carboxylic acids is 4.